The number of phosphoric acid groups is 1. The summed E-state index contributed by atoms with van der Waals surface area (Å²) < 4.78 is 23.6. The number of hydrogen-bond acceptors (Lipinski definition) is 6. The number of amides is 1. The highest BCUT2D eigenvalue weighted by atomic mass is 31.2. The van der Waals surface area contributed by atoms with Gasteiger partial charge in [-0.05, 0) is 77.0 Å². The molecule has 0 radical (unpaired) electrons. The summed E-state index contributed by atoms with van der Waals surface area (Å²) in [4.78, 5) is 25.7. The number of hydrogen-bond donors (Lipinski definition) is 2. The Hall–Kier alpha value is -2.58. The smallest absolute Gasteiger partial charge is 0.268 e. The molecule has 8 nitrogen and oxygen atoms in total. The van der Waals surface area contributed by atoms with Gasteiger partial charge in [0.05, 0.1) is 39.9 Å². The molecular weight excluding hydrogens is 1080 g/mol. The fourth-order valence-electron chi connectivity index (χ4n) is 10.7. The highest BCUT2D eigenvalue weighted by molar-refractivity contribution is 7.45. The monoisotopic (exact) mass is 1220 g/mol. The van der Waals surface area contributed by atoms with Gasteiger partial charge in [0.2, 0.25) is 5.91 Å². The summed E-state index contributed by atoms with van der Waals surface area (Å²) in [5.74, 6) is -0.166. The van der Waals surface area contributed by atoms with E-state index in [9.17, 15) is 19.4 Å². The molecule has 9 heteroatoms. The maximum absolute atomic E-state index is 13.1. The van der Waals surface area contributed by atoms with Crippen molar-refractivity contribution < 1.29 is 32.9 Å². The molecule has 0 aliphatic rings. The Morgan fingerprint density at radius 2 is 0.709 bits per heavy atom. The van der Waals surface area contributed by atoms with Crippen molar-refractivity contribution in [3.63, 3.8) is 0 Å². The molecule has 0 heterocycles. The van der Waals surface area contributed by atoms with Crippen LogP contribution >= 0.6 is 7.82 Å². The summed E-state index contributed by atoms with van der Waals surface area (Å²) >= 11 is 0. The molecule has 0 rings (SSSR count). The van der Waals surface area contributed by atoms with Crippen LogP contribution in [0.4, 0.5) is 0 Å². The largest absolute Gasteiger partial charge is 0.756 e. The van der Waals surface area contributed by atoms with Gasteiger partial charge in [-0.15, -0.1) is 0 Å². The van der Waals surface area contributed by atoms with E-state index in [1.165, 1.54) is 218 Å². The molecule has 0 aromatic carbocycles. The number of likely N-dealkylation sites (N-methyl/N-ethyl adjacent to an activating group) is 1. The molecule has 0 fully saturated rings. The highest BCUT2D eigenvalue weighted by Crippen LogP contribution is 2.38. The first kappa shape index (κ1) is 83.4. The number of quaternary nitrogens is 1. The van der Waals surface area contributed by atoms with Gasteiger partial charge in [0.15, 0.2) is 0 Å². The number of unbranched alkanes of at least 4 members (excludes halogenated alkanes) is 38. The number of carbonyl (C=O) groups excluding carboxylic acids is 1. The van der Waals surface area contributed by atoms with Gasteiger partial charge >= 0.3 is 0 Å². The molecule has 0 aromatic rings. The van der Waals surface area contributed by atoms with Crippen LogP contribution in [0.2, 0.25) is 0 Å². The van der Waals surface area contributed by atoms with E-state index in [4.69, 9.17) is 9.05 Å². The minimum Gasteiger partial charge on any atom is -0.756 e. The van der Waals surface area contributed by atoms with Crippen molar-refractivity contribution in [1.82, 2.24) is 5.32 Å². The Kier molecular flexibility index (Phi) is 64.8. The van der Waals surface area contributed by atoms with Gasteiger partial charge in [-0.2, -0.15) is 0 Å². The molecule has 2 N–H and O–H groups in total. The molecule has 0 saturated heterocycles. The van der Waals surface area contributed by atoms with Crippen LogP contribution in [0.15, 0.2) is 97.2 Å². The number of rotatable bonds is 67. The summed E-state index contributed by atoms with van der Waals surface area (Å²) in [6.45, 7) is 4.64. The Morgan fingerprint density at radius 3 is 1.03 bits per heavy atom. The average molecular weight is 1220 g/mol. The van der Waals surface area contributed by atoms with E-state index >= 15 is 0 Å². The second kappa shape index (κ2) is 66.8. The quantitative estimate of drug-likeness (QED) is 0.0272. The Balaban J connectivity index is 4.04. The lowest BCUT2D eigenvalue weighted by Crippen LogP contribution is -2.46. The van der Waals surface area contributed by atoms with Crippen molar-refractivity contribution >= 4 is 13.7 Å². The van der Waals surface area contributed by atoms with Crippen LogP contribution in [0.5, 0.6) is 0 Å². The van der Waals surface area contributed by atoms with Crippen molar-refractivity contribution in [3.05, 3.63) is 97.2 Å². The Bertz CT molecular complexity index is 1730. The van der Waals surface area contributed by atoms with Crippen LogP contribution in [0.3, 0.4) is 0 Å². The third kappa shape index (κ3) is 68.9. The molecule has 0 aliphatic heterocycles. The first-order valence-corrected chi connectivity index (χ1v) is 38.0. The van der Waals surface area contributed by atoms with Gasteiger partial charge in [0, 0.05) is 6.42 Å². The van der Waals surface area contributed by atoms with Gasteiger partial charge in [-0.3, -0.25) is 9.36 Å². The average Bonchev–Trinajstić information content (AvgIpc) is 3.70. The summed E-state index contributed by atoms with van der Waals surface area (Å²) in [5, 5.41) is 14.1. The molecule has 86 heavy (non-hydrogen) atoms. The lowest BCUT2D eigenvalue weighted by atomic mass is 10.0. The zero-order chi connectivity index (χ0) is 62.6. The molecule has 0 aliphatic carbocycles. The van der Waals surface area contributed by atoms with E-state index in [2.05, 4.69) is 116 Å². The number of phosphoric ester groups is 1. The van der Waals surface area contributed by atoms with Gasteiger partial charge in [0.25, 0.3) is 7.82 Å². The van der Waals surface area contributed by atoms with Crippen LogP contribution in [0, 0.1) is 0 Å². The van der Waals surface area contributed by atoms with Gasteiger partial charge in [0.1, 0.15) is 13.2 Å². The number of carbonyl (C=O) groups is 1. The number of aliphatic hydroxyl groups is 1. The molecule has 0 aromatic heterocycles. The van der Waals surface area contributed by atoms with Crippen LogP contribution < -0.4 is 10.2 Å². The zero-order valence-electron chi connectivity index (χ0n) is 57.3. The third-order valence-electron chi connectivity index (χ3n) is 16.3. The predicted octanol–water partition coefficient (Wildman–Crippen LogP) is 23.0. The van der Waals surface area contributed by atoms with Crippen molar-refractivity contribution in [2.24, 2.45) is 0 Å². The second-order valence-corrected chi connectivity index (χ2v) is 27.3. The van der Waals surface area contributed by atoms with Gasteiger partial charge in [-0.25, -0.2) is 0 Å². The highest BCUT2D eigenvalue weighted by Gasteiger charge is 2.24. The summed E-state index contributed by atoms with van der Waals surface area (Å²) in [7, 11) is 1.31. The van der Waals surface area contributed by atoms with E-state index in [1.54, 1.807) is 0 Å². The van der Waals surface area contributed by atoms with E-state index in [-0.39, 0.29) is 19.1 Å². The van der Waals surface area contributed by atoms with Crippen LogP contribution in [0.25, 0.3) is 0 Å². The molecular formula is C77H141N2O6P. The van der Waals surface area contributed by atoms with E-state index in [1.807, 2.05) is 21.1 Å². The van der Waals surface area contributed by atoms with Crippen molar-refractivity contribution in [2.75, 3.05) is 40.9 Å². The van der Waals surface area contributed by atoms with E-state index < -0.39 is 20.0 Å². The molecule has 0 bridgehead atoms. The van der Waals surface area contributed by atoms with E-state index in [0.29, 0.717) is 23.9 Å². The first-order valence-electron chi connectivity index (χ1n) is 36.6. The minimum absolute atomic E-state index is 0.00921. The SMILES string of the molecule is CC/C=C\C/C=C\C/C=C\C/C=C\C/C=C\C/C=C\C/C=C\C/C=C\CCCCCCCCCCCCCCC(=O)NC(COP(=O)([O-])OCC[N+](C)(C)C)C(O)CCCCCCCCCCCCCCCCCCCCCCCCCCCCC. The van der Waals surface area contributed by atoms with Crippen molar-refractivity contribution in [1.29, 1.82) is 0 Å². The third-order valence-corrected chi connectivity index (χ3v) is 17.3. The van der Waals surface area contributed by atoms with Crippen LogP contribution in [0.1, 0.15) is 335 Å². The topological polar surface area (TPSA) is 108 Å². The fourth-order valence-corrected chi connectivity index (χ4v) is 11.4. The summed E-state index contributed by atoms with van der Waals surface area (Å²) in [6.07, 6.45) is 96.3. The van der Waals surface area contributed by atoms with Gasteiger partial charge in [-0.1, -0.05) is 349 Å². The van der Waals surface area contributed by atoms with Crippen LogP contribution in [-0.2, 0) is 18.4 Å². The van der Waals surface area contributed by atoms with Crippen molar-refractivity contribution in [3.8, 4) is 0 Å². The van der Waals surface area contributed by atoms with Gasteiger partial charge < -0.3 is 28.8 Å². The Morgan fingerprint density at radius 1 is 0.419 bits per heavy atom. The summed E-state index contributed by atoms with van der Waals surface area (Å²) in [5.41, 5.74) is 0. The molecule has 1 amide bonds. The number of nitrogens with zero attached hydrogens (tertiary/aromatic N) is 1. The second-order valence-electron chi connectivity index (χ2n) is 25.9. The predicted molar refractivity (Wildman–Crippen MR) is 376 cm³/mol. The number of allylic oxidation sites excluding steroid dienone is 16. The molecule has 3 unspecified atom stereocenters. The maximum Gasteiger partial charge on any atom is 0.268 e. The van der Waals surface area contributed by atoms with E-state index in [0.717, 1.165) is 89.9 Å². The normalized spacial score (nSPS) is 14.2. The minimum atomic E-state index is -4.59. The van der Waals surface area contributed by atoms with Crippen molar-refractivity contribution in [2.45, 2.75) is 347 Å². The zero-order valence-corrected chi connectivity index (χ0v) is 58.1. The van der Waals surface area contributed by atoms with Crippen LogP contribution in [-0.4, -0.2) is 68.5 Å². The number of aliphatic hydroxyl groups excluding tert-OH is 1. The summed E-state index contributed by atoms with van der Waals surface area (Å²) in [6, 6.07) is -0.809. The lowest BCUT2D eigenvalue weighted by Gasteiger charge is -2.30. The molecule has 3 atom stereocenters. The molecule has 0 saturated carbocycles. The maximum atomic E-state index is 13.1. The standard InChI is InChI=1S/C77H141N2O6P/c1-6-8-10-12-14-16-18-20-22-24-26-28-30-32-34-35-36-37-38-39-40-41-42-43-45-47-49-51-53-55-57-59-61-63-65-67-69-71-77(81)78-75(74-85-86(82,83)84-73-72-79(3,4)5)76(80)70-68-66-64-62-60-58-56-54-52-50-48-46-44-33-31-29-27-25-23-21-19-17-15-13-11-9-7-2/h8,10,14,16,20,22,26,28,32,34,36-37,39-40,42-43,75-76,80H,6-7,9,11-13,15,17-19,21,23-25,27,29-31,33,35,38,41,44-74H2,1-5H3,(H-,78,81,82,83)/b10-8-,16-14-,22-20-,28-26-,34-32-,37-36-,40-39-,43-42-. The molecule has 500 valence electrons. The molecule has 0 spiro atoms. The lowest BCUT2D eigenvalue weighted by molar-refractivity contribution is -0.870. The number of nitrogens with one attached hydrogen (secondary N) is 1. The Labute approximate surface area is 534 Å². The fraction of sp³-hybridized carbons (Fsp3) is 0.779. The first-order chi connectivity index (χ1) is 42.0.